The van der Waals surface area contributed by atoms with Gasteiger partial charge in [0.05, 0.1) is 15.8 Å². The second-order valence-electron chi connectivity index (χ2n) is 5.42. The fourth-order valence-corrected chi connectivity index (χ4v) is 4.28. The number of aromatic nitrogens is 1. The largest absolute Gasteiger partial charge is 0.299 e. The van der Waals surface area contributed by atoms with Gasteiger partial charge in [0.15, 0.2) is 0 Å². The lowest BCUT2D eigenvalue weighted by Gasteiger charge is -2.32. The van der Waals surface area contributed by atoms with E-state index < -0.39 is 9.84 Å². The molecular formula is C13H18Cl2N2O2S. The Morgan fingerprint density at radius 2 is 2.00 bits per heavy atom. The minimum absolute atomic E-state index is 0.193. The molecule has 2 rings (SSSR count). The van der Waals surface area contributed by atoms with E-state index in [2.05, 4.69) is 9.88 Å². The highest BCUT2D eigenvalue weighted by Gasteiger charge is 2.24. The third kappa shape index (κ3) is 4.58. The van der Waals surface area contributed by atoms with Crippen LogP contribution in [0.3, 0.4) is 0 Å². The van der Waals surface area contributed by atoms with Crippen molar-refractivity contribution >= 4 is 33.0 Å². The Hall–Kier alpha value is -0.360. The van der Waals surface area contributed by atoms with E-state index in [-0.39, 0.29) is 11.7 Å². The van der Waals surface area contributed by atoms with E-state index in [1.54, 1.807) is 12.4 Å². The first-order chi connectivity index (χ1) is 9.35. The van der Waals surface area contributed by atoms with Gasteiger partial charge < -0.3 is 0 Å². The Bertz CT molecular complexity index is 557. The number of sulfone groups is 1. The van der Waals surface area contributed by atoms with Gasteiger partial charge in [-0.05, 0) is 25.3 Å². The second-order valence-corrected chi connectivity index (χ2v) is 8.42. The first kappa shape index (κ1) is 16.0. The zero-order valence-electron chi connectivity index (χ0n) is 11.3. The number of halogens is 2. The average Bonchev–Trinajstić information content (AvgIpc) is 2.32. The summed E-state index contributed by atoms with van der Waals surface area (Å²) in [6.07, 6.45) is 6.42. The third-order valence-electron chi connectivity index (χ3n) is 3.48. The fraction of sp³-hybridized carbons (Fsp3) is 0.615. The zero-order valence-corrected chi connectivity index (χ0v) is 13.7. The standard InChI is InChI=1S/C13H18Cl2N2O2S/c1-20(18,19)9-10-3-2-4-17(7-10)8-11-12(14)5-16-6-13(11)15/h5-6,10H,2-4,7-9H2,1H3/t10-/m1/s1. The zero-order chi connectivity index (χ0) is 14.8. The summed E-state index contributed by atoms with van der Waals surface area (Å²) >= 11 is 12.2. The van der Waals surface area contributed by atoms with Crippen molar-refractivity contribution in [2.24, 2.45) is 5.92 Å². The molecule has 0 aromatic carbocycles. The highest BCUT2D eigenvalue weighted by atomic mass is 35.5. The summed E-state index contributed by atoms with van der Waals surface area (Å²) in [5, 5.41) is 1.12. The van der Waals surface area contributed by atoms with E-state index in [0.29, 0.717) is 16.6 Å². The van der Waals surface area contributed by atoms with E-state index in [0.717, 1.165) is 31.5 Å². The highest BCUT2D eigenvalue weighted by Crippen LogP contribution is 2.27. The Kier molecular flexibility index (Phi) is 5.29. The summed E-state index contributed by atoms with van der Waals surface area (Å²) in [6, 6.07) is 0. The van der Waals surface area contributed by atoms with Crippen LogP contribution in [0.2, 0.25) is 10.0 Å². The van der Waals surface area contributed by atoms with Gasteiger partial charge in [-0.25, -0.2) is 8.42 Å². The highest BCUT2D eigenvalue weighted by molar-refractivity contribution is 7.90. The first-order valence-corrected chi connectivity index (χ1v) is 9.35. The van der Waals surface area contributed by atoms with Crippen molar-refractivity contribution in [3.8, 4) is 0 Å². The van der Waals surface area contributed by atoms with Crippen molar-refractivity contribution in [3.63, 3.8) is 0 Å². The SMILES string of the molecule is CS(=O)(=O)C[C@@H]1CCCN(Cc2c(Cl)cncc2Cl)C1. The molecule has 4 nitrogen and oxygen atoms in total. The molecule has 1 aromatic rings. The quantitative estimate of drug-likeness (QED) is 0.848. The number of hydrogen-bond acceptors (Lipinski definition) is 4. The van der Waals surface area contributed by atoms with E-state index in [1.165, 1.54) is 6.26 Å². The number of hydrogen-bond donors (Lipinski definition) is 0. The molecular weight excluding hydrogens is 319 g/mol. The van der Waals surface area contributed by atoms with Gasteiger partial charge >= 0.3 is 0 Å². The van der Waals surface area contributed by atoms with Crippen molar-refractivity contribution in [2.75, 3.05) is 25.1 Å². The van der Waals surface area contributed by atoms with Gasteiger partial charge in [-0.1, -0.05) is 23.2 Å². The molecule has 0 unspecified atom stereocenters. The minimum Gasteiger partial charge on any atom is -0.299 e. The number of likely N-dealkylation sites (tertiary alicyclic amines) is 1. The van der Waals surface area contributed by atoms with Crippen LogP contribution in [0, 0.1) is 5.92 Å². The van der Waals surface area contributed by atoms with Crippen molar-refractivity contribution in [2.45, 2.75) is 19.4 Å². The van der Waals surface area contributed by atoms with Crippen LogP contribution in [0.4, 0.5) is 0 Å². The fourth-order valence-electron chi connectivity index (χ4n) is 2.67. The van der Waals surface area contributed by atoms with Crippen LogP contribution < -0.4 is 0 Å². The van der Waals surface area contributed by atoms with Crippen molar-refractivity contribution in [3.05, 3.63) is 28.0 Å². The van der Waals surface area contributed by atoms with Gasteiger partial charge in [-0.3, -0.25) is 9.88 Å². The summed E-state index contributed by atoms with van der Waals surface area (Å²) < 4.78 is 22.8. The third-order valence-corrected chi connectivity index (χ3v) is 5.20. The molecule has 2 heterocycles. The first-order valence-electron chi connectivity index (χ1n) is 6.53. The molecule has 20 heavy (non-hydrogen) atoms. The molecule has 0 aliphatic carbocycles. The van der Waals surface area contributed by atoms with Gasteiger partial charge in [-0.15, -0.1) is 0 Å². The number of pyridine rings is 1. The minimum atomic E-state index is -2.93. The maximum absolute atomic E-state index is 11.4. The molecule has 1 saturated heterocycles. The molecule has 112 valence electrons. The Morgan fingerprint density at radius 3 is 2.60 bits per heavy atom. The molecule has 0 spiro atoms. The van der Waals surface area contributed by atoms with Crippen LogP contribution in [0.1, 0.15) is 18.4 Å². The van der Waals surface area contributed by atoms with Gasteiger partial charge in [0, 0.05) is 37.3 Å². The average molecular weight is 337 g/mol. The summed E-state index contributed by atoms with van der Waals surface area (Å²) in [6.45, 7) is 2.34. The number of piperidine rings is 1. The van der Waals surface area contributed by atoms with Crippen molar-refractivity contribution in [1.82, 2.24) is 9.88 Å². The molecule has 0 radical (unpaired) electrons. The maximum Gasteiger partial charge on any atom is 0.147 e. The van der Waals surface area contributed by atoms with Crippen LogP contribution in [0.25, 0.3) is 0 Å². The van der Waals surface area contributed by atoms with Gasteiger partial charge in [0.1, 0.15) is 9.84 Å². The normalized spacial score (nSPS) is 21.1. The van der Waals surface area contributed by atoms with Crippen LogP contribution in [0.5, 0.6) is 0 Å². The lowest BCUT2D eigenvalue weighted by atomic mass is 9.99. The Labute approximate surface area is 130 Å². The summed E-state index contributed by atoms with van der Waals surface area (Å²) in [5.41, 5.74) is 0.864. The maximum atomic E-state index is 11.4. The summed E-state index contributed by atoms with van der Waals surface area (Å²) in [5.74, 6) is 0.444. The van der Waals surface area contributed by atoms with Crippen molar-refractivity contribution < 1.29 is 8.42 Å². The second kappa shape index (κ2) is 6.60. The lowest BCUT2D eigenvalue weighted by Crippen LogP contribution is -2.37. The molecule has 1 aromatic heterocycles. The predicted octanol–water partition coefficient (Wildman–Crippen LogP) is 2.65. The molecule has 1 aliphatic heterocycles. The van der Waals surface area contributed by atoms with Crippen LogP contribution in [-0.4, -0.2) is 43.4 Å². The van der Waals surface area contributed by atoms with Crippen molar-refractivity contribution in [1.29, 1.82) is 0 Å². The molecule has 1 aliphatic rings. The monoisotopic (exact) mass is 336 g/mol. The number of nitrogens with zero attached hydrogens (tertiary/aromatic N) is 2. The molecule has 7 heteroatoms. The van der Waals surface area contributed by atoms with E-state index in [9.17, 15) is 8.42 Å². The molecule has 1 fully saturated rings. The smallest absolute Gasteiger partial charge is 0.147 e. The molecule has 0 N–H and O–H groups in total. The van der Waals surface area contributed by atoms with E-state index >= 15 is 0 Å². The molecule has 0 amide bonds. The van der Waals surface area contributed by atoms with Gasteiger partial charge in [0.2, 0.25) is 0 Å². The Morgan fingerprint density at radius 1 is 1.35 bits per heavy atom. The molecule has 1 atom stereocenters. The molecule has 0 bridgehead atoms. The number of rotatable bonds is 4. The van der Waals surface area contributed by atoms with Gasteiger partial charge in [0.25, 0.3) is 0 Å². The summed E-state index contributed by atoms with van der Waals surface area (Å²) in [4.78, 5) is 6.15. The van der Waals surface area contributed by atoms with Gasteiger partial charge in [-0.2, -0.15) is 0 Å². The Balaban J connectivity index is 2.03. The molecule has 0 saturated carbocycles. The summed E-state index contributed by atoms with van der Waals surface area (Å²) in [7, 11) is -2.93. The van der Waals surface area contributed by atoms with E-state index in [4.69, 9.17) is 23.2 Å². The van der Waals surface area contributed by atoms with Crippen LogP contribution in [0.15, 0.2) is 12.4 Å². The topological polar surface area (TPSA) is 50.3 Å². The lowest BCUT2D eigenvalue weighted by molar-refractivity contribution is 0.178. The predicted molar refractivity (Wildman–Crippen MR) is 82.0 cm³/mol. The van der Waals surface area contributed by atoms with Crippen LogP contribution in [-0.2, 0) is 16.4 Å². The van der Waals surface area contributed by atoms with Crippen LogP contribution >= 0.6 is 23.2 Å². The van der Waals surface area contributed by atoms with E-state index in [1.807, 2.05) is 0 Å².